The standard InChI is InChI=1S/C14H15N3O3/c1-2-13-16-17-14(20-13)8-19-10-5-3-9-4-6-12(18)15-11(9)7-10/h3,5,7H,2,4,6,8H2,1H3,(H,15,18). The minimum Gasteiger partial charge on any atom is -0.484 e. The van der Waals surface area contributed by atoms with Crippen LogP contribution in [0.25, 0.3) is 0 Å². The highest BCUT2D eigenvalue weighted by atomic mass is 16.5. The molecular formula is C14H15N3O3. The number of carbonyl (C=O) groups excluding carboxylic acids is 1. The molecule has 104 valence electrons. The Morgan fingerprint density at radius 3 is 2.95 bits per heavy atom. The Labute approximate surface area is 116 Å². The Morgan fingerprint density at radius 1 is 1.30 bits per heavy atom. The largest absolute Gasteiger partial charge is 0.484 e. The molecular weight excluding hydrogens is 258 g/mol. The summed E-state index contributed by atoms with van der Waals surface area (Å²) in [5.74, 6) is 1.76. The SMILES string of the molecule is CCc1nnc(COc2ccc3c(c2)NC(=O)CC3)o1. The molecule has 0 spiro atoms. The zero-order valence-electron chi connectivity index (χ0n) is 11.2. The lowest BCUT2D eigenvalue weighted by Crippen LogP contribution is -2.18. The number of nitrogens with zero attached hydrogens (tertiary/aromatic N) is 2. The number of nitrogens with one attached hydrogen (secondary N) is 1. The molecule has 1 N–H and O–H groups in total. The summed E-state index contributed by atoms with van der Waals surface area (Å²) in [5, 5.41) is 10.6. The average molecular weight is 273 g/mol. The van der Waals surface area contributed by atoms with E-state index in [1.165, 1.54) is 0 Å². The molecule has 1 aromatic carbocycles. The Kier molecular flexibility index (Phi) is 3.37. The molecule has 1 amide bonds. The highest BCUT2D eigenvalue weighted by molar-refractivity contribution is 5.94. The highest BCUT2D eigenvalue weighted by Gasteiger charge is 2.15. The van der Waals surface area contributed by atoms with Crippen LogP contribution < -0.4 is 10.1 Å². The first-order valence-electron chi connectivity index (χ1n) is 6.61. The van der Waals surface area contributed by atoms with Crippen molar-refractivity contribution in [3.63, 3.8) is 0 Å². The van der Waals surface area contributed by atoms with Gasteiger partial charge in [0.05, 0.1) is 0 Å². The highest BCUT2D eigenvalue weighted by Crippen LogP contribution is 2.27. The normalized spacial score (nSPS) is 13.8. The maximum atomic E-state index is 11.4. The van der Waals surface area contributed by atoms with E-state index in [1.54, 1.807) is 0 Å². The first-order valence-corrected chi connectivity index (χ1v) is 6.61. The van der Waals surface area contributed by atoms with Gasteiger partial charge in [0.2, 0.25) is 11.8 Å². The van der Waals surface area contributed by atoms with E-state index in [4.69, 9.17) is 9.15 Å². The van der Waals surface area contributed by atoms with Crippen LogP contribution in [0.1, 0.15) is 30.7 Å². The second-order valence-electron chi connectivity index (χ2n) is 4.60. The predicted octanol–water partition coefficient (Wildman–Crippen LogP) is 2.10. The van der Waals surface area contributed by atoms with E-state index < -0.39 is 0 Å². The van der Waals surface area contributed by atoms with Crippen LogP contribution in [0, 0.1) is 0 Å². The summed E-state index contributed by atoms with van der Waals surface area (Å²) in [6.45, 7) is 2.17. The Bertz CT molecular complexity index is 636. The molecule has 2 aromatic rings. The Morgan fingerprint density at radius 2 is 2.15 bits per heavy atom. The summed E-state index contributed by atoms with van der Waals surface area (Å²) >= 11 is 0. The fourth-order valence-corrected chi connectivity index (χ4v) is 2.08. The minimum absolute atomic E-state index is 0.0409. The van der Waals surface area contributed by atoms with Gasteiger partial charge in [0.1, 0.15) is 5.75 Å². The number of amides is 1. The third kappa shape index (κ3) is 2.64. The smallest absolute Gasteiger partial charge is 0.253 e. The van der Waals surface area contributed by atoms with E-state index in [-0.39, 0.29) is 12.5 Å². The number of hydrogen-bond acceptors (Lipinski definition) is 5. The van der Waals surface area contributed by atoms with Gasteiger partial charge in [0.25, 0.3) is 5.89 Å². The number of benzene rings is 1. The van der Waals surface area contributed by atoms with Gasteiger partial charge >= 0.3 is 0 Å². The van der Waals surface area contributed by atoms with Gasteiger partial charge in [-0.3, -0.25) is 4.79 Å². The number of aromatic nitrogens is 2. The van der Waals surface area contributed by atoms with Gasteiger partial charge in [-0.2, -0.15) is 0 Å². The first-order chi connectivity index (χ1) is 9.74. The Balaban J connectivity index is 1.68. The summed E-state index contributed by atoms with van der Waals surface area (Å²) < 4.78 is 11.0. The molecule has 0 saturated carbocycles. The molecule has 20 heavy (non-hydrogen) atoms. The van der Waals surface area contributed by atoms with Gasteiger partial charge < -0.3 is 14.5 Å². The van der Waals surface area contributed by atoms with Crippen LogP contribution in [-0.2, 0) is 24.2 Å². The van der Waals surface area contributed by atoms with Crippen LogP contribution in [0.4, 0.5) is 5.69 Å². The molecule has 2 heterocycles. The van der Waals surface area contributed by atoms with Gasteiger partial charge in [-0.1, -0.05) is 13.0 Å². The lowest BCUT2D eigenvalue weighted by Gasteiger charge is -2.17. The lowest BCUT2D eigenvalue weighted by atomic mass is 10.0. The third-order valence-corrected chi connectivity index (χ3v) is 3.15. The number of hydrogen-bond donors (Lipinski definition) is 1. The van der Waals surface area contributed by atoms with Crippen LogP contribution >= 0.6 is 0 Å². The number of rotatable bonds is 4. The summed E-state index contributed by atoms with van der Waals surface area (Å²) in [6, 6.07) is 5.67. The van der Waals surface area contributed by atoms with Crippen LogP contribution in [0.2, 0.25) is 0 Å². The van der Waals surface area contributed by atoms with Crippen LogP contribution in [-0.4, -0.2) is 16.1 Å². The molecule has 6 heteroatoms. The van der Waals surface area contributed by atoms with E-state index in [0.29, 0.717) is 30.4 Å². The zero-order valence-corrected chi connectivity index (χ0v) is 11.2. The van der Waals surface area contributed by atoms with Crippen molar-refractivity contribution in [1.82, 2.24) is 10.2 Å². The summed E-state index contributed by atoms with van der Waals surface area (Å²) in [6.07, 6.45) is 2.01. The van der Waals surface area contributed by atoms with E-state index in [1.807, 2.05) is 25.1 Å². The van der Waals surface area contributed by atoms with Crippen LogP contribution in [0.15, 0.2) is 22.6 Å². The molecule has 6 nitrogen and oxygen atoms in total. The number of anilines is 1. The summed E-state index contributed by atoms with van der Waals surface area (Å²) in [7, 11) is 0. The number of aryl methyl sites for hydroxylation is 2. The van der Waals surface area contributed by atoms with Crippen molar-refractivity contribution in [2.75, 3.05) is 5.32 Å². The molecule has 0 fully saturated rings. The van der Waals surface area contributed by atoms with Crippen molar-refractivity contribution in [2.24, 2.45) is 0 Å². The fraction of sp³-hybridized carbons (Fsp3) is 0.357. The van der Waals surface area contributed by atoms with Gasteiger partial charge in [0.15, 0.2) is 6.61 Å². The van der Waals surface area contributed by atoms with Gasteiger partial charge in [0, 0.05) is 24.6 Å². The third-order valence-electron chi connectivity index (χ3n) is 3.15. The molecule has 0 bridgehead atoms. The molecule has 0 atom stereocenters. The molecule has 1 aliphatic heterocycles. The monoisotopic (exact) mass is 273 g/mol. The van der Waals surface area contributed by atoms with E-state index >= 15 is 0 Å². The Hall–Kier alpha value is -2.37. The minimum atomic E-state index is 0.0409. The molecule has 0 radical (unpaired) electrons. The molecule has 0 aliphatic carbocycles. The molecule has 0 saturated heterocycles. The molecule has 1 aromatic heterocycles. The number of carbonyl (C=O) groups is 1. The maximum Gasteiger partial charge on any atom is 0.253 e. The van der Waals surface area contributed by atoms with Crippen molar-refractivity contribution in [2.45, 2.75) is 32.8 Å². The quantitative estimate of drug-likeness (QED) is 0.923. The fourth-order valence-electron chi connectivity index (χ4n) is 2.08. The molecule has 0 unspecified atom stereocenters. The maximum absolute atomic E-state index is 11.4. The summed E-state index contributed by atoms with van der Waals surface area (Å²) in [4.78, 5) is 11.4. The molecule has 3 rings (SSSR count). The second-order valence-corrected chi connectivity index (χ2v) is 4.60. The van der Waals surface area contributed by atoms with E-state index in [9.17, 15) is 4.79 Å². The van der Waals surface area contributed by atoms with Crippen molar-refractivity contribution < 1.29 is 13.9 Å². The van der Waals surface area contributed by atoms with Crippen molar-refractivity contribution in [1.29, 1.82) is 0 Å². The van der Waals surface area contributed by atoms with Gasteiger partial charge in [-0.05, 0) is 18.1 Å². The predicted molar refractivity (Wildman–Crippen MR) is 71.4 cm³/mol. The van der Waals surface area contributed by atoms with Crippen LogP contribution in [0.3, 0.4) is 0 Å². The van der Waals surface area contributed by atoms with Crippen LogP contribution in [0.5, 0.6) is 5.75 Å². The zero-order chi connectivity index (χ0) is 13.9. The first kappa shape index (κ1) is 12.7. The number of fused-ring (bicyclic) bond motifs is 1. The van der Waals surface area contributed by atoms with Crippen molar-refractivity contribution in [3.8, 4) is 5.75 Å². The number of ether oxygens (including phenoxy) is 1. The van der Waals surface area contributed by atoms with Gasteiger partial charge in [-0.25, -0.2) is 0 Å². The van der Waals surface area contributed by atoms with Crippen molar-refractivity contribution in [3.05, 3.63) is 35.5 Å². The molecule has 1 aliphatic rings. The van der Waals surface area contributed by atoms with Gasteiger partial charge in [-0.15, -0.1) is 10.2 Å². The summed E-state index contributed by atoms with van der Waals surface area (Å²) in [5.41, 5.74) is 1.95. The average Bonchev–Trinajstić information content (AvgIpc) is 2.92. The lowest BCUT2D eigenvalue weighted by molar-refractivity contribution is -0.116. The topological polar surface area (TPSA) is 77.3 Å². The van der Waals surface area contributed by atoms with Crippen molar-refractivity contribution >= 4 is 11.6 Å². The van der Waals surface area contributed by atoms with E-state index in [0.717, 1.165) is 17.7 Å². The second kappa shape index (κ2) is 5.32. The van der Waals surface area contributed by atoms with E-state index in [2.05, 4.69) is 15.5 Å².